The highest BCUT2D eigenvalue weighted by Crippen LogP contribution is 2.17. The highest BCUT2D eigenvalue weighted by Gasteiger charge is 2.07. The molecule has 2 aromatic heterocycles. The van der Waals surface area contributed by atoms with Crippen molar-refractivity contribution in [1.82, 2.24) is 20.8 Å². The lowest BCUT2D eigenvalue weighted by molar-refractivity contribution is -0.121. The van der Waals surface area contributed by atoms with Gasteiger partial charge in [0, 0.05) is 22.7 Å². The maximum absolute atomic E-state index is 11.7. The quantitative estimate of drug-likeness (QED) is 0.649. The fourth-order valence-corrected chi connectivity index (χ4v) is 2.88. The molecule has 0 unspecified atom stereocenters. The van der Waals surface area contributed by atoms with Gasteiger partial charge in [0.2, 0.25) is 5.91 Å². The van der Waals surface area contributed by atoms with Crippen LogP contribution in [0.15, 0.2) is 17.0 Å². The van der Waals surface area contributed by atoms with E-state index in [-0.39, 0.29) is 12.3 Å². The van der Waals surface area contributed by atoms with Crippen LogP contribution in [0.25, 0.3) is 5.57 Å². The van der Waals surface area contributed by atoms with E-state index in [9.17, 15) is 4.79 Å². The van der Waals surface area contributed by atoms with Crippen molar-refractivity contribution < 1.29 is 4.79 Å². The summed E-state index contributed by atoms with van der Waals surface area (Å²) in [6.45, 7) is 3.75. The van der Waals surface area contributed by atoms with Crippen molar-refractivity contribution in [2.24, 2.45) is 0 Å². The van der Waals surface area contributed by atoms with Crippen molar-refractivity contribution in [3.8, 4) is 6.07 Å². The normalized spacial score (nSPS) is 11.0. The van der Waals surface area contributed by atoms with Crippen molar-refractivity contribution in [2.45, 2.75) is 20.3 Å². The van der Waals surface area contributed by atoms with Crippen molar-refractivity contribution >= 4 is 34.2 Å². The molecule has 0 saturated carbocycles. The van der Waals surface area contributed by atoms with Gasteiger partial charge in [-0.3, -0.25) is 10.2 Å². The zero-order valence-electron chi connectivity index (χ0n) is 11.5. The third-order valence-electron chi connectivity index (χ3n) is 2.41. The van der Waals surface area contributed by atoms with Gasteiger partial charge in [0.15, 0.2) is 0 Å². The second kappa shape index (κ2) is 6.97. The molecule has 2 heterocycles. The SMILES string of the molecule is Cc1csc(/C(C#N)=C/NNC(=O)Cc2csc(C)n2)n1. The molecule has 108 valence electrons. The number of aromatic nitrogens is 2. The lowest BCUT2D eigenvalue weighted by Gasteiger charge is -2.03. The van der Waals surface area contributed by atoms with Crippen molar-refractivity contribution in [1.29, 1.82) is 5.26 Å². The van der Waals surface area contributed by atoms with Crippen LogP contribution in [0, 0.1) is 25.2 Å². The van der Waals surface area contributed by atoms with E-state index in [1.165, 1.54) is 28.9 Å². The Morgan fingerprint density at radius 2 is 2.19 bits per heavy atom. The fourth-order valence-electron chi connectivity index (χ4n) is 1.51. The number of thiazole rings is 2. The van der Waals surface area contributed by atoms with Gasteiger partial charge in [0.05, 0.1) is 17.1 Å². The van der Waals surface area contributed by atoms with Gasteiger partial charge in [-0.05, 0) is 13.8 Å². The summed E-state index contributed by atoms with van der Waals surface area (Å²) in [6.07, 6.45) is 1.63. The fraction of sp³-hybridized carbons (Fsp3) is 0.231. The Hall–Kier alpha value is -2.24. The number of hydrogen-bond acceptors (Lipinski definition) is 7. The topological polar surface area (TPSA) is 90.7 Å². The zero-order chi connectivity index (χ0) is 15.2. The second-order valence-electron chi connectivity index (χ2n) is 4.19. The monoisotopic (exact) mass is 319 g/mol. The van der Waals surface area contributed by atoms with Gasteiger partial charge in [-0.1, -0.05) is 0 Å². The van der Waals surface area contributed by atoms with Crippen molar-refractivity contribution in [3.63, 3.8) is 0 Å². The molecule has 0 radical (unpaired) electrons. The van der Waals surface area contributed by atoms with Gasteiger partial charge in [0.1, 0.15) is 16.6 Å². The van der Waals surface area contributed by atoms with Crippen molar-refractivity contribution in [2.75, 3.05) is 0 Å². The molecule has 0 saturated heterocycles. The number of carbonyl (C=O) groups excluding carboxylic acids is 1. The van der Waals surface area contributed by atoms with E-state index in [4.69, 9.17) is 5.26 Å². The lowest BCUT2D eigenvalue weighted by atomic mass is 10.3. The van der Waals surface area contributed by atoms with Crippen LogP contribution < -0.4 is 10.9 Å². The molecule has 21 heavy (non-hydrogen) atoms. The number of hydrogen-bond donors (Lipinski definition) is 2. The molecule has 0 fully saturated rings. The molecule has 8 heteroatoms. The first-order chi connectivity index (χ1) is 10.1. The van der Waals surface area contributed by atoms with Crippen LogP contribution in [-0.4, -0.2) is 15.9 Å². The zero-order valence-corrected chi connectivity index (χ0v) is 13.1. The van der Waals surface area contributed by atoms with Gasteiger partial charge >= 0.3 is 0 Å². The molecule has 2 N–H and O–H groups in total. The summed E-state index contributed by atoms with van der Waals surface area (Å²) in [5.41, 5.74) is 7.10. The van der Waals surface area contributed by atoms with Gasteiger partial charge in [-0.2, -0.15) is 5.26 Å². The number of rotatable bonds is 5. The molecule has 0 aromatic carbocycles. The molecule has 0 bridgehead atoms. The number of nitrogens with one attached hydrogen (secondary N) is 2. The van der Waals surface area contributed by atoms with Crippen LogP contribution in [0.3, 0.4) is 0 Å². The summed E-state index contributed by atoms with van der Waals surface area (Å²) in [4.78, 5) is 20.1. The Kier molecular flexibility index (Phi) is 5.03. The summed E-state index contributed by atoms with van der Waals surface area (Å²) in [5.74, 6) is -0.218. The molecule has 2 rings (SSSR count). The Morgan fingerprint density at radius 3 is 2.76 bits per heavy atom. The van der Waals surface area contributed by atoms with Crippen molar-refractivity contribution in [3.05, 3.63) is 38.4 Å². The van der Waals surface area contributed by atoms with E-state index < -0.39 is 0 Å². The minimum atomic E-state index is -0.218. The number of carbonyl (C=O) groups is 1. The largest absolute Gasteiger partial charge is 0.304 e. The molecule has 6 nitrogen and oxygen atoms in total. The number of aryl methyl sites for hydroxylation is 2. The van der Waals surface area contributed by atoms with Crippen LogP contribution in [0.4, 0.5) is 0 Å². The molecular formula is C13H13N5OS2. The highest BCUT2D eigenvalue weighted by atomic mass is 32.1. The average Bonchev–Trinajstić information content (AvgIpc) is 3.04. The minimum absolute atomic E-state index is 0.198. The first kappa shape index (κ1) is 15.2. The standard InChI is InChI=1S/C13H13N5OS2/c1-8-6-21-13(16-8)10(4-14)5-15-18-12(19)3-11-7-20-9(2)17-11/h5-7,15H,3H2,1-2H3,(H,18,19)/b10-5+. The smallest absolute Gasteiger partial charge is 0.244 e. The average molecular weight is 319 g/mol. The number of hydrazine groups is 1. The van der Waals surface area contributed by atoms with Crippen LogP contribution in [0.2, 0.25) is 0 Å². The third kappa shape index (κ3) is 4.37. The Labute approximate surface area is 130 Å². The molecule has 1 amide bonds. The molecule has 0 aliphatic heterocycles. The Morgan fingerprint density at radius 1 is 1.38 bits per heavy atom. The summed E-state index contributed by atoms with van der Waals surface area (Å²) in [5, 5.41) is 14.3. The van der Waals surface area contributed by atoms with Crippen LogP contribution in [0.1, 0.15) is 21.4 Å². The summed E-state index contributed by atoms with van der Waals surface area (Å²) in [7, 11) is 0. The molecule has 0 spiro atoms. The van der Waals surface area contributed by atoms with E-state index in [2.05, 4.69) is 20.8 Å². The third-order valence-corrected chi connectivity index (χ3v) is 4.22. The molecule has 0 aliphatic rings. The van der Waals surface area contributed by atoms with E-state index in [1.54, 1.807) is 0 Å². The molecule has 0 atom stereocenters. The van der Waals surface area contributed by atoms with Gasteiger partial charge in [0.25, 0.3) is 0 Å². The van der Waals surface area contributed by atoms with E-state index >= 15 is 0 Å². The van der Waals surface area contributed by atoms with E-state index in [1.807, 2.05) is 30.7 Å². The number of amides is 1. The van der Waals surface area contributed by atoms with Gasteiger partial charge in [-0.25, -0.2) is 9.97 Å². The molecule has 0 aliphatic carbocycles. The highest BCUT2D eigenvalue weighted by molar-refractivity contribution is 7.11. The second-order valence-corrected chi connectivity index (χ2v) is 6.11. The van der Waals surface area contributed by atoms with Crippen LogP contribution in [-0.2, 0) is 11.2 Å². The summed E-state index contributed by atoms with van der Waals surface area (Å²) >= 11 is 2.89. The predicted molar refractivity (Wildman–Crippen MR) is 82.3 cm³/mol. The minimum Gasteiger partial charge on any atom is -0.304 e. The lowest BCUT2D eigenvalue weighted by Crippen LogP contribution is -2.35. The maximum atomic E-state index is 11.7. The van der Waals surface area contributed by atoms with Crippen LogP contribution >= 0.6 is 22.7 Å². The maximum Gasteiger partial charge on any atom is 0.244 e. The first-order valence-electron chi connectivity index (χ1n) is 6.06. The number of nitriles is 1. The number of nitrogens with zero attached hydrogens (tertiary/aromatic N) is 3. The van der Waals surface area contributed by atoms with E-state index in [0.29, 0.717) is 10.6 Å². The Balaban J connectivity index is 1.88. The molecular weight excluding hydrogens is 306 g/mol. The molecule has 2 aromatic rings. The van der Waals surface area contributed by atoms with E-state index in [0.717, 1.165) is 16.4 Å². The van der Waals surface area contributed by atoms with Gasteiger partial charge in [-0.15, -0.1) is 22.7 Å². The Bertz CT molecular complexity index is 710. The van der Waals surface area contributed by atoms with Gasteiger partial charge < -0.3 is 5.43 Å². The number of allylic oxidation sites excluding steroid dienone is 1. The summed E-state index contributed by atoms with van der Waals surface area (Å²) in [6, 6.07) is 2.04. The predicted octanol–water partition coefficient (Wildman–Crippen LogP) is 1.94. The van der Waals surface area contributed by atoms with Crippen LogP contribution in [0.5, 0.6) is 0 Å². The summed E-state index contributed by atoms with van der Waals surface area (Å²) < 4.78 is 0. The first-order valence-corrected chi connectivity index (χ1v) is 7.82.